The SMILES string of the molecule is CN1CCN(C(=O)c2csc(N3CCN(C(=O)c4ccc5c(n4)C(C)(C)CN5c4ccc(Cl)c(F)c4)C(C)(C)C3)n2)CC1.Cl. The Kier molecular flexibility index (Phi) is 8.89. The van der Waals surface area contributed by atoms with Gasteiger partial charge in [-0.05, 0) is 51.2 Å². The Bertz CT molecular complexity index is 1570. The molecule has 0 spiro atoms. The molecule has 3 aromatic rings. The van der Waals surface area contributed by atoms with Crippen LogP contribution in [0.1, 0.15) is 54.4 Å². The summed E-state index contributed by atoms with van der Waals surface area (Å²) in [5.74, 6) is -0.611. The third-order valence-corrected chi connectivity index (χ3v) is 9.92. The fourth-order valence-electron chi connectivity index (χ4n) is 6.24. The van der Waals surface area contributed by atoms with E-state index in [0.29, 0.717) is 56.3 Å². The molecule has 13 heteroatoms. The van der Waals surface area contributed by atoms with Crippen LogP contribution in [0.15, 0.2) is 35.7 Å². The van der Waals surface area contributed by atoms with Gasteiger partial charge in [-0.2, -0.15) is 0 Å². The molecule has 2 fully saturated rings. The number of rotatable bonds is 4. The second kappa shape index (κ2) is 12.1. The minimum Gasteiger partial charge on any atom is -0.344 e. The number of likely N-dealkylation sites (N-methyl/N-ethyl adjacent to an activating group) is 1. The molecule has 2 saturated heterocycles. The summed E-state index contributed by atoms with van der Waals surface area (Å²) in [7, 11) is 2.07. The first-order chi connectivity index (χ1) is 20.3. The number of benzene rings is 1. The van der Waals surface area contributed by atoms with Crippen LogP contribution in [-0.2, 0) is 5.41 Å². The zero-order valence-corrected chi connectivity index (χ0v) is 28.0. The van der Waals surface area contributed by atoms with E-state index in [-0.39, 0.29) is 34.7 Å². The van der Waals surface area contributed by atoms with Crippen molar-refractivity contribution >= 4 is 63.7 Å². The predicted molar refractivity (Wildman–Crippen MR) is 176 cm³/mol. The van der Waals surface area contributed by atoms with Crippen molar-refractivity contribution in [3.8, 4) is 0 Å². The van der Waals surface area contributed by atoms with Crippen molar-refractivity contribution in [2.75, 3.05) is 69.2 Å². The zero-order chi connectivity index (χ0) is 30.7. The Morgan fingerprint density at radius 2 is 1.64 bits per heavy atom. The van der Waals surface area contributed by atoms with Crippen LogP contribution in [-0.4, -0.2) is 101 Å². The Labute approximate surface area is 273 Å². The molecule has 0 unspecified atom stereocenters. The molecule has 9 nitrogen and oxygen atoms in total. The van der Waals surface area contributed by atoms with E-state index >= 15 is 0 Å². The largest absolute Gasteiger partial charge is 0.344 e. The molecule has 0 saturated carbocycles. The highest BCUT2D eigenvalue weighted by Crippen LogP contribution is 2.44. The molecule has 2 amide bonds. The molecule has 5 heterocycles. The van der Waals surface area contributed by atoms with E-state index in [1.807, 2.05) is 26.1 Å². The number of hydrogen-bond donors (Lipinski definition) is 0. The Morgan fingerprint density at radius 1 is 0.909 bits per heavy atom. The highest BCUT2D eigenvalue weighted by Gasteiger charge is 2.41. The molecular weight excluding hydrogens is 624 g/mol. The lowest BCUT2D eigenvalue weighted by Crippen LogP contribution is -2.61. The van der Waals surface area contributed by atoms with Crippen molar-refractivity contribution < 1.29 is 14.0 Å². The van der Waals surface area contributed by atoms with E-state index in [4.69, 9.17) is 21.6 Å². The molecule has 44 heavy (non-hydrogen) atoms. The molecule has 0 radical (unpaired) electrons. The van der Waals surface area contributed by atoms with Crippen molar-refractivity contribution in [3.63, 3.8) is 0 Å². The molecule has 1 aromatic carbocycles. The van der Waals surface area contributed by atoms with Crippen LogP contribution in [0.5, 0.6) is 0 Å². The Hall–Kier alpha value is -2.99. The second-order valence-electron chi connectivity index (χ2n) is 12.9. The first kappa shape index (κ1) is 32.4. The molecule has 0 N–H and O–H groups in total. The third kappa shape index (κ3) is 5.99. The number of piperazine rings is 2. The minimum absolute atomic E-state index is 0. The van der Waals surface area contributed by atoms with Gasteiger partial charge in [0.25, 0.3) is 11.8 Å². The van der Waals surface area contributed by atoms with Gasteiger partial charge in [0.15, 0.2) is 5.13 Å². The fraction of sp³-hybridized carbons (Fsp3) is 0.484. The second-order valence-corrected chi connectivity index (χ2v) is 14.2. The number of nitrogens with zero attached hydrogens (tertiary/aromatic N) is 7. The van der Waals surface area contributed by atoms with Gasteiger partial charge >= 0.3 is 0 Å². The van der Waals surface area contributed by atoms with Gasteiger partial charge in [-0.1, -0.05) is 25.4 Å². The number of aromatic nitrogens is 2. The van der Waals surface area contributed by atoms with Crippen LogP contribution in [0, 0.1) is 5.82 Å². The average Bonchev–Trinajstić information content (AvgIpc) is 3.56. The van der Waals surface area contributed by atoms with Crippen LogP contribution < -0.4 is 9.80 Å². The van der Waals surface area contributed by atoms with E-state index < -0.39 is 11.4 Å². The molecule has 3 aliphatic heterocycles. The number of hydrogen-bond acceptors (Lipinski definition) is 8. The minimum atomic E-state index is -0.494. The summed E-state index contributed by atoms with van der Waals surface area (Å²) in [5.41, 5.74) is 2.41. The summed E-state index contributed by atoms with van der Waals surface area (Å²) in [5, 5.41) is 2.73. The van der Waals surface area contributed by atoms with E-state index in [1.54, 1.807) is 18.2 Å². The van der Waals surface area contributed by atoms with E-state index in [9.17, 15) is 14.0 Å². The van der Waals surface area contributed by atoms with Gasteiger partial charge in [-0.3, -0.25) is 9.59 Å². The quantitative estimate of drug-likeness (QED) is 0.375. The third-order valence-electron chi connectivity index (χ3n) is 8.71. The van der Waals surface area contributed by atoms with Gasteiger partial charge in [0.2, 0.25) is 0 Å². The topological polar surface area (TPSA) is 76.1 Å². The number of fused-ring (bicyclic) bond motifs is 1. The number of halogens is 3. The van der Waals surface area contributed by atoms with Gasteiger partial charge in [0.05, 0.1) is 21.9 Å². The summed E-state index contributed by atoms with van der Waals surface area (Å²) in [6.07, 6.45) is 0. The van der Waals surface area contributed by atoms with Crippen molar-refractivity contribution in [1.29, 1.82) is 0 Å². The van der Waals surface area contributed by atoms with Crippen molar-refractivity contribution in [2.45, 2.75) is 38.6 Å². The van der Waals surface area contributed by atoms with Crippen LogP contribution in [0.25, 0.3) is 0 Å². The highest BCUT2D eigenvalue weighted by molar-refractivity contribution is 7.13. The van der Waals surface area contributed by atoms with Gasteiger partial charge in [0, 0.05) is 68.8 Å². The van der Waals surface area contributed by atoms with Crippen LogP contribution >= 0.6 is 35.3 Å². The van der Waals surface area contributed by atoms with Crippen molar-refractivity contribution in [1.82, 2.24) is 24.7 Å². The molecule has 236 valence electrons. The van der Waals surface area contributed by atoms with Gasteiger partial charge in [0.1, 0.15) is 17.2 Å². The smallest absolute Gasteiger partial charge is 0.273 e. The summed E-state index contributed by atoms with van der Waals surface area (Å²) in [4.78, 5) is 46.7. The molecule has 3 aliphatic rings. The number of carbonyl (C=O) groups is 2. The lowest BCUT2D eigenvalue weighted by molar-refractivity contribution is 0.0508. The van der Waals surface area contributed by atoms with Gasteiger partial charge < -0.3 is 24.5 Å². The summed E-state index contributed by atoms with van der Waals surface area (Å²) in [6, 6.07) is 8.46. The van der Waals surface area contributed by atoms with E-state index in [1.165, 1.54) is 17.4 Å². The summed E-state index contributed by atoms with van der Waals surface area (Å²) < 4.78 is 14.3. The highest BCUT2D eigenvalue weighted by atomic mass is 35.5. The number of amides is 2. The van der Waals surface area contributed by atoms with Crippen molar-refractivity contribution in [2.24, 2.45) is 0 Å². The van der Waals surface area contributed by atoms with Gasteiger partial charge in [-0.25, -0.2) is 14.4 Å². The molecule has 0 bridgehead atoms. The summed E-state index contributed by atoms with van der Waals surface area (Å²) in [6.45, 7) is 13.7. The normalized spacial score (nSPS) is 19.5. The monoisotopic (exact) mass is 661 g/mol. The van der Waals surface area contributed by atoms with Crippen LogP contribution in [0.4, 0.5) is 20.9 Å². The number of anilines is 3. The lowest BCUT2D eigenvalue weighted by atomic mass is 9.91. The molecule has 6 rings (SSSR count). The maximum atomic E-state index is 14.3. The first-order valence-corrected chi connectivity index (χ1v) is 15.8. The van der Waals surface area contributed by atoms with Crippen LogP contribution in [0.3, 0.4) is 0 Å². The van der Waals surface area contributed by atoms with Crippen molar-refractivity contribution in [3.05, 3.63) is 63.6 Å². The maximum absolute atomic E-state index is 14.3. The number of pyridine rings is 1. The molecule has 2 aromatic heterocycles. The van der Waals surface area contributed by atoms with Gasteiger partial charge in [-0.15, -0.1) is 23.7 Å². The van der Waals surface area contributed by atoms with E-state index in [0.717, 1.165) is 29.6 Å². The molecular formula is C31H38Cl2FN7O2S. The number of thiazole rings is 1. The lowest BCUT2D eigenvalue weighted by Gasteiger charge is -2.47. The predicted octanol–water partition coefficient (Wildman–Crippen LogP) is 5.31. The summed E-state index contributed by atoms with van der Waals surface area (Å²) >= 11 is 7.39. The van der Waals surface area contributed by atoms with E-state index in [2.05, 4.69) is 44.5 Å². The average molecular weight is 663 g/mol. The number of carbonyl (C=O) groups excluding carboxylic acids is 2. The Balaban J connectivity index is 0.00000384. The standard InChI is InChI=1S/C31H37ClFN7O2S.ClH/c1-30(2)18-39(20-6-7-21(32)22(33)16-20)25-9-8-23(34-26(25)30)28(42)40-15-14-38(19-31(40,3)4)29-35-24(17-43-29)27(41)37-12-10-36(5)11-13-37;/h6-9,16-17H,10-15,18-19H2,1-5H3;1H. The molecule has 0 atom stereocenters. The first-order valence-electron chi connectivity index (χ1n) is 14.6. The maximum Gasteiger partial charge on any atom is 0.273 e. The fourth-order valence-corrected chi connectivity index (χ4v) is 7.18. The molecule has 0 aliphatic carbocycles. The van der Waals surface area contributed by atoms with Crippen LogP contribution in [0.2, 0.25) is 5.02 Å². The Morgan fingerprint density at radius 3 is 2.32 bits per heavy atom. The zero-order valence-electron chi connectivity index (χ0n) is 25.6.